The van der Waals surface area contributed by atoms with Crippen LogP contribution in [-0.4, -0.2) is 25.0 Å². The second kappa shape index (κ2) is 4.72. The fourth-order valence-electron chi connectivity index (χ4n) is 3.37. The number of hydrogen-bond acceptors (Lipinski definition) is 2. The molecular formula is C16H20N2O. The maximum Gasteiger partial charge on any atom is 0.217 e. The molecule has 0 aromatic heterocycles. The number of fused-ring (bicyclic) bond motifs is 1. The van der Waals surface area contributed by atoms with Gasteiger partial charge in [0.05, 0.1) is 6.04 Å². The van der Waals surface area contributed by atoms with Crippen LogP contribution in [0.15, 0.2) is 41.5 Å². The minimum atomic E-state index is 0.0739. The number of hydrogen-bond donors (Lipinski definition) is 1. The lowest BCUT2D eigenvalue weighted by Gasteiger charge is -2.21. The van der Waals surface area contributed by atoms with Crippen molar-refractivity contribution in [3.05, 3.63) is 41.5 Å². The monoisotopic (exact) mass is 256 g/mol. The van der Waals surface area contributed by atoms with Gasteiger partial charge < -0.3 is 10.2 Å². The van der Waals surface area contributed by atoms with Crippen LogP contribution in [0.5, 0.6) is 0 Å². The van der Waals surface area contributed by atoms with E-state index in [1.54, 1.807) is 6.92 Å². The Labute approximate surface area is 114 Å². The van der Waals surface area contributed by atoms with Gasteiger partial charge in [0, 0.05) is 31.6 Å². The van der Waals surface area contributed by atoms with Gasteiger partial charge in [-0.2, -0.15) is 0 Å². The molecule has 1 heterocycles. The highest BCUT2D eigenvalue weighted by Gasteiger charge is 2.37. The largest absolute Gasteiger partial charge is 0.367 e. The van der Waals surface area contributed by atoms with Crippen LogP contribution >= 0.6 is 0 Å². The molecule has 1 N–H and O–H groups in total. The Morgan fingerprint density at radius 3 is 2.68 bits per heavy atom. The van der Waals surface area contributed by atoms with Gasteiger partial charge in [-0.1, -0.05) is 18.2 Å². The van der Waals surface area contributed by atoms with Crippen LogP contribution in [0.1, 0.15) is 20.3 Å². The number of benzene rings is 1. The van der Waals surface area contributed by atoms with Crippen molar-refractivity contribution in [2.45, 2.75) is 26.3 Å². The molecule has 0 saturated carbocycles. The number of para-hydroxylation sites is 1. The van der Waals surface area contributed by atoms with E-state index in [0.29, 0.717) is 5.92 Å². The summed E-state index contributed by atoms with van der Waals surface area (Å²) < 4.78 is 0. The van der Waals surface area contributed by atoms with Gasteiger partial charge in [-0.3, -0.25) is 4.79 Å². The fourth-order valence-corrected chi connectivity index (χ4v) is 3.37. The van der Waals surface area contributed by atoms with Gasteiger partial charge in [0.25, 0.3) is 0 Å². The zero-order valence-electron chi connectivity index (χ0n) is 11.5. The first-order valence-electron chi connectivity index (χ1n) is 6.92. The van der Waals surface area contributed by atoms with Gasteiger partial charge >= 0.3 is 0 Å². The summed E-state index contributed by atoms with van der Waals surface area (Å²) in [6.07, 6.45) is 1.06. The molecule has 1 aliphatic carbocycles. The van der Waals surface area contributed by atoms with Crippen molar-refractivity contribution in [3.8, 4) is 0 Å². The highest BCUT2D eigenvalue weighted by molar-refractivity contribution is 5.74. The molecule has 0 bridgehead atoms. The smallest absolute Gasteiger partial charge is 0.217 e. The van der Waals surface area contributed by atoms with Crippen molar-refractivity contribution in [1.29, 1.82) is 0 Å². The summed E-state index contributed by atoms with van der Waals surface area (Å²) >= 11 is 0. The van der Waals surface area contributed by atoms with Crippen LogP contribution in [-0.2, 0) is 4.79 Å². The third-order valence-corrected chi connectivity index (χ3v) is 4.34. The first kappa shape index (κ1) is 12.3. The van der Waals surface area contributed by atoms with Gasteiger partial charge in [0.15, 0.2) is 0 Å². The molecule has 1 saturated heterocycles. The molecule has 1 amide bonds. The number of carbonyl (C=O) groups excluding carboxylic acids is 1. The molecule has 1 aromatic rings. The minimum Gasteiger partial charge on any atom is -0.367 e. The molecular weight excluding hydrogens is 236 g/mol. The highest BCUT2D eigenvalue weighted by atomic mass is 16.1. The van der Waals surface area contributed by atoms with E-state index >= 15 is 0 Å². The van der Waals surface area contributed by atoms with E-state index < -0.39 is 0 Å². The van der Waals surface area contributed by atoms with Crippen LogP contribution in [0.2, 0.25) is 0 Å². The number of carbonyl (C=O) groups is 1. The summed E-state index contributed by atoms with van der Waals surface area (Å²) in [5.74, 6) is 0.682. The van der Waals surface area contributed by atoms with Crippen LogP contribution in [0.4, 0.5) is 5.69 Å². The molecule has 100 valence electrons. The predicted octanol–water partition coefficient (Wildman–Crippen LogP) is 2.35. The molecule has 19 heavy (non-hydrogen) atoms. The SMILES string of the molecule is CC(=O)N[C@H]1C[C@H]2CN(c3ccccc3)CC2=C1C. The van der Waals surface area contributed by atoms with E-state index in [4.69, 9.17) is 0 Å². The summed E-state index contributed by atoms with van der Waals surface area (Å²) in [5.41, 5.74) is 4.20. The number of nitrogens with one attached hydrogen (secondary N) is 1. The molecule has 3 rings (SSSR count). The molecule has 1 aliphatic heterocycles. The number of nitrogens with zero attached hydrogens (tertiary/aromatic N) is 1. The zero-order valence-corrected chi connectivity index (χ0v) is 11.5. The number of amides is 1. The Kier molecular flexibility index (Phi) is 3.05. The van der Waals surface area contributed by atoms with Crippen molar-refractivity contribution in [3.63, 3.8) is 0 Å². The normalized spacial score (nSPS) is 25.7. The second-order valence-electron chi connectivity index (χ2n) is 5.61. The minimum absolute atomic E-state index is 0.0739. The summed E-state index contributed by atoms with van der Waals surface area (Å²) in [5, 5.41) is 3.06. The summed E-state index contributed by atoms with van der Waals surface area (Å²) in [7, 11) is 0. The molecule has 1 fully saturated rings. The first-order valence-corrected chi connectivity index (χ1v) is 6.92. The Morgan fingerprint density at radius 2 is 2.05 bits per heavy atom. The average molecular weight is 256 g/mol. The molecule has 0 radical (unpaired) electrons. The predicted molar refractivity (Wildman–Crippen MR) is 77.1 cm³/mol. The van der Waals surface area contributed by atoms with E-state index in [-0.39, 0.29) is 11.9 Å². The van der Waals surface area contributed by atoms with Crippen molar-refractivity contribution in [1.82, 2.24) is 5.32 Å². The van der Waals surface area contributed by atoms with Gasteiger partial charge in [-0.15, -0.1) is 0 Å². The van der Waals surface area contributed by atoms with Crippen LogP contribution in [0, 0.1) is 5.92 Å². The zero-order chi connectivity index (χ0) is 13.4. The van der Waals surface area contributed by atoms with E-state index in [1.807, 2.05) is 0 Å². The lowest BCUT2D eigenvalue weighted by atomic mass is 10.1. The van der Waals surface area contributed by atoms with Crippen LogP contribution in [0.25, 0.3) is 0 Å². The molecule has 3 heteroatoms. The number of rotatable bonds is 2. The van der Waals surface area contributed by atoms with Crippen molar-refractivity contribution in [2.75, 3.05) is 18.0 Å². The van der Waals surface area contributed by atoms with Gasteiger partial charge in [0.2, 0.25) is 5.91 Å². The second-order valence-corrected chi connectivity index (χ2v) is 5.61. The maximum absolute atomic E-state index is 11.2. The third-order valence-electron chi connectivity index (χ3n) is 4.34. The fraction of sp³-hybridized carbons (Fsp3) is 0.438. The van der Waals surface area contributed by atoms with Gasteiger partial charge in [0.1, 0.15) is 0 Å². The Morgan fingerprint density at radius 1 is 1.32 bits per heavy atom. The molecule has 2 aliphatic rings. The summed E-state index contributed by atoms with van der Waals surface area (Å²) in [6, 6.07) is 10.8. The summed E-state index contributed by atoms with van der Waals surface area (Å²) in [4.78, 5) is 13.6. The molecule has 2 atom stereocenters. The maximum atomic E-state index is 11.2. The quantitative estimate of drug-likeness (QED) is 0.824. The van der Waals surface area contributed by atoms with E-state index in [1.165, 1.54) is 16.8 Å². The van der Waals surface area contributed by atoms with E-state index in [0.717, 1.165) is 19.5 Å². The molecule has 0 spiro atoms. The Bertz CT molecular complexity index is 521. The number of anilines is 1. The molecule has 0 unspecified atom stereocenters. The lowest BCUT2D eigenvalue weighted by Crippen LogP contribution is -2.34. The van der Waals surface area contributed by atoms with Crippen LogP contribution in [0.3, 0.4) is 0 Å². The Hall–Kier alpha value is -1.77. The topological polar surface area (TPSA) is 32.3 Å². The third kappa shape index (κ3) is 2.25. The van der Waals surface area contributed by atoms with E-state index in [2.05, 4.69) is 47.5 Å². The molecule has 1 aromatic carbocycles. The van der Waals surface area contributed by atoms with Crippen molar-refractivity contribution < 1.29 is 4.79 Å². The average Bonchev–Trinajstić information content (AvgIpc) is 2.92. The standard InChI is InChI=1S/C16H20N2O/c1-11-15-10-18(14-6-4-3-5-7-14)9-13(15)8-16(11)17-12(2)19/h3-7,13,16H,8-10H2,1-2H3,(H,17,19)/t13-,16-/m0/s1. The van der Waals surface area contributed by atoms with Crippen LogP contribution < -0.4 is 10.2 Å². The summed E-state index contributed by atoms with van der Waals surface area (Å²) in [6.45, 7) is 5.86. The van der Waals surface area contributed by atoms with Crippen molar-refractivity contribution in [2.24, 2.45) is 5.92 Å². The highest BCUT2D eigenvalue weighted by Crippen LogP contribution is 2.39. The van der Waals surface area contributed by atoms with E-state index in [9.17, 15) is 4.79 Å². The lowest BCUT2D eigenvalue weighted by molar-refractivity contribution is -0.119. The van der Waals surface area contributed by atoms with Gasteiger partial charge in [-0.25, -0.2) is 0 Å². The Balaban J connectivity index is 1.77. The first-order chi connectivity index (χ1) is 9.15. The molecule has 3 nitrogen and oxygen atoms in total. The van der Waals surface area contributed by atoms with Gasteiger partial charge in [-0.05, 0) is 36.6 Å². The van der Waals surface area contributed by atoms with Crippen molar-refractivity contribution >= 4 is 11.6 Å².